The Bertz CT molecular complexity index is 466. The van der Waals surface area contributed by atoms with Crippen molar-refractivity contribution in [2.45, 2.75) is 13.5 Å². The lowest BCUT2D eigenvalue weighted by atomic mass is 10.2. The smallest absolute Gasteiger partial charge is 0.162 e. The molecular formula is C13H16N2O2. The number of aromatic nitrogens is 1. The SMILES string of the molecule is CCOc1cccc(CNn2cccc2)c1O. The number of rotatable bonds is 5. The van der Waals surface area contributed by atoms with E-state index < -0.39 is 0 Å². The van der Waals surface area contributed by atoms with Crippen molar-refractivity contribution in [3.8, 4) is 11.5 Å². The number of nitrogens with zero attached hydrogens (tertiary/aromatic N) is 1. The van der Waals surface area contributed by atoms with Gasteiger partial charge >= 0.3 is 0 Å². The lowest BCUT2D eigenvalue weighted by molar-refractivity contribution is 0.316. The summed E-state index contributed by atoms with van der Waals surface area (Å²) >= 11 is 0. The van der Waals surface area contributed by atoms with Crippen LogP contribution in [-0.2, 0) is 6.54 Å². The second-order valence-corrected chi connectivity index (χ2v) is 3.62. The van der Waals surface area contributed by atoms with Crippen LogP contribution in [0.2, 0.25) is 0 Å². The van der Waals surface area contributed by atoms with Crippen molar-refractivity contribution in [3.63, 3.8) is 0 Å². The van der Waals surface area contributed by atoms with Gasteiger partial charge in [0.15, 0.2) is 11.5 Å². The molecule has 0 atom stereocenters. The molecule has 1 aromatic carbocycles. The standard InChI is InChI=1S/C13H16N2O2/c1-2-17-12-7-5-6-11(13(12)16)10-14-15-8-3-4-9-15/h3-9,14,16H,2,10H2,1H3. The quantitative estimate of drug-likeness (QED) is 0.831. The maximum Gasteiger partial charge on any atom is 0.162 e. The minimum atomic E-state index is 0.203. The number of phenolic OH excluding ortho intramolecular Hbond substituents is 1. The molecule has 4 heteroatoms. The molecule has 0 saturated heterocycles. The lowest BCUT2D eigenvalue weighted by Gasteiger charge is -2.12. The highest BCUT2D eigenvalue weighted by molar-refractivity contribution is 5.45. The molecule has 0 saturated carbocycles. The summed E-state index contributed by atoms with van der Waals surface area (Å²) in [5.41, 5.74) is 3.96. The van der Waals surface area contributed by atoms with Gasteiger partial charge in [-0.1, -0.05) is 12.1 Å². The zero-order valence-corrected chi connectivity index (χ0v) is 9.76. The van der Waals surface area contributed by atoms with Crippen LogP contribution in [0.3, 0.4) is 0 Å². The average Bonchev–Trinajstić information content (AvgIpc) is 2.83. The fourth-order valence-electron chi connectivity index (χ4n) is 1.60. The molecule has 4 nitrogen and oxygen atoms in total. The van der Waals surface area contributed by atoms with Gasteiger partial charge in [-0.2, -0.15) is 0 Å². The van der Waals surface area contributed by atoms with Crippen LogP contribution < -0.4 is 10.2 Å². The molecule has 0 bridgehead atoms. The molecule has 2 N–H and O–H groups in total. The summed E-state index contributed by atoms with van der Waals surface area (Å²) in [5, 5.41) is 9.97. The van der Waals surface area contributed by atoms with Crippen molar-refractivity contribution in [2.75, 3.05) is 12.0 Å². The van der Waals surface area contributed by atoms with Gasteiger partial charge < -0.3 is 15.3 Å². The van der Waals surface area contributed by atoms with Crippen LogP contribution in [0.1, 0.15) is 12.5 Å². The van der Waals surface area contributed by atoms with E-state index in [-0.39, 0.29) is 5.75 Å². The maximum absolute atomic E-state index is 9.97. The Labute approximate surface area is 100 Å². The van der Waals surface area contributed by atoms with Crippen molar-refractivity contribution in [2.24, 2.45) is 0 Å². The van der Waals surface area contributed by atoms with E-state index in [4.69, 9.17) is 4.74 Å². The van der Waals surface area contributed by atoms with E-state index in [0.717, 1.165) is 5.56 Å². The van der Waals surface area contributed by atoms with Crippen molar-refractivity contribution in [3.05, 3.63) is 48.3 Å². The maximum atomic E-state index is 9.97. The van der Waals surface area contributed by atoms with Crippen LogP contribution in [0, 0.1) is 0 Å². The van der Waals surface area contributed by atoms with Crippen molar-refractivity contribution >= 4 is 0 Å². The second kappa shape index (κ2) is 5.30. The summed E-state index contributed by atoms with van der Waals surface area (Å²) in [5.74, 6) is 0.730. The Morgan fingerprint density at radius 1 is 1.24 bits per heavy atom. The summed E-state index contributed by atoms with van der Waals surface area (Å²) in [6.45, 7) is 2.98. The zero-order chi connectivity index (χ0) is 12.1. The highest BCUT2D eigenvalue weighted by atomic mass is 16.5. The molecule has 0 amide bonds. The second-order valence-electron chi connectivity index (χ2n) is 3.62. The molecular weight excluding hydrogens is 216 g/mol. The average molecular weight is 232 g/mol. The predicted molar refractivity (Wildman–Crippen MR) is 66.8 cm³/mol. The van der Waals surface area contributed by atoms with Gasteiger partial charge in [0, 0.05) is 18.0 Å². The Morgan fingerprint density at radius 3 is 2.71 bits per heavy atom. The molecule has 90 valence electrons. The van der Waals surface area contributed by atoms with Crippen molar-refractivity contribution in [1.29, 1.82) is 0 Å². The third-order valence-corrected chi connectivity index (χ3v) is 2.44. The van der Waals surface area contributed by atoms with Gasteiger partial charge in [0.25, 0.3) is 0 Å². The Kier molecular flexibility index (Phi) is 3.55. The summed E-state index contributed by atoms with van der Waals surface area (Å²) in [6.07, 6.45) is 3.81. The Morgan fingerprint density at radius 2 is 2.00 bits per heavy atom. The first-order valence-electron chi connectivity index (χ1n) is 5.61. The third kappa shape index (κ3) is 2.72. The Balaban J connectivity index is 2.07. The van der Waals surface area contributed by atoms with E-state index in [1.165, 1.54) is 0 Å². The minimum absolute atomic E-state index is 0.203. The van der Waals surface area contributed by atoms with E-state index in [2.05, 4.69) is 5.43 Å². The first-order valence-corrected chi connectivity index (χ1v) is 5.61. The molecule has 0 radical (unpaired) electrons. The zero-order valence-electron chi connectivity index (χ0n) is 9.76. The molecule has 17 heavy (non-hydrogen) atoms. The van der Waals surface area contributed by atoms with Gasteiger partial charge in [-0.15, -0.1) is 0 Å². The summed E-state index contributed by atoms with van der Waals surface area (Å²) < 4.78 is 7.17. The topological polar surface area (TPSA) is 46.4 Å². The van der Waals surface area contributed by atoms with Gasteiger partial charge in [0.2, 0.25) is 0 Å². The van der Waals surface area contributed by atoms with E-state index in [1.807, 2.05) is 48.3 Å². The molecule has 0 aliphatic heterocycles. The van der Waals surface area contributed by atoms with Crippen molar-refractivity contribution < 1.29 is 9.84 Å². The monoisotopic (exact) mass is 232 g/mol. The lowest BCUT2D eigenvalue weighted by Crippen LogP contribution is -2.12. The predicted octanol–water partition coefficient (Wildman–Crippen LogP) is 2.34. The summed E-state index contributed by atoms with van der Waals surface area (Å²) in [4.78, 5) is 0. The number of benzene rings is 1. The molecule has 2 aromatic rings. The van der Waals surface area contributed by atoms with Crippen LogP contribution in [0.5, 0.6) is 11.5 Å². The van der Waals surface area contributed by atoms with Crippen LogP contribution in [0.15, 0.2) is 42.7 Å². The van der Waals surface area contributed by atoms with E-state index in [1.54, 1.807) is 6.07 Å². The summed E-state index contributed by atoms with van der Waals surface area (Å²) in [7, 11) is 0. The largest absolute Gasteiger partial charge is 0.504 e. The van der Waals surface area contributed by atoms with Gasteiger partial charge in [-0.25, -0.2) is 0 Å². The number of hydrogen-bond acceptors (Lipinski definition) is 3. The van der Waals surface area contributed by atoms with Gasteiger partial charge in [-0.05, 0) is 25.1 Å². The van der Waals surface area contributed by atoms with Crippen LogP contribution in [-0.4, -0.2) is 16.4 Å². The number of aromatic hydroxyl groups is 1. The first-order chi connectivity index (χ1) is 8.31. The van der Waals surface area contributed by atoms with E-state index >= 15 is 0 Å². The number of hydrogen-bond donors (Lipinski definition) is 2. The fraction of sp³-hybridized carbons (Fsp3) is 0.231. The number of ether oxygens (including phenoxy) is 1. The molecule has 0 aliphatic rings. The van der Waals surface area contributed by atoms with Crippen LogP contribution >= 0.6 is 0 Å². The Hall–Kier alpha value is -2.10. The highest BCUT2D eigenvalue weighted by Gasteiger charge is 2.06. The molecule has 0 spiro atoms. The summed E-state index contributed by atoms with van der Waals surface area (Å²) in [6, 6.07) is 9.37. The molecule has 2 rings (SSSR count). The van der Waals surface area contributed by atoms with Gasteiger partial charge in [0.1, 0.15) is 0 Å². The number of phenols is 1. The van der Waals surface area contributed by atoms with E-state index in [0.29, 0.717) is 18.9 Å². The first kappa shape index (κ1) is 11.4. The molecule has 0 fully saturated rings. The molecule has 1 heterocycles. The molecule has 0 aliphatic carbocycles. The van der Waals surface area contributed by atoms with E-state index in [9.17, 15) is 5.11 Å². The van der Waals surface area contributed by atoms with Crippen LogP contribution in [0.4, 0.5) is 0 Å². The molecule has 0 unspecified atom stereocenters. The fourth-order valence-corrected chi connectivity index (χ4v) is 1.60. The number of nitrogens with one attached hydrogen (secondary N) is 1. The third-order valence-electron chi connectivity index (χ3n) is 2.44. The van der Waals surface area contributed by atoms with Gasteiger partial charge in [0.05, 0.1) is 13.2 Å². The van der Waals surface area contributed by atoms with Gasteiger partial charge in [-0.3, -0.25) is 4.68 Å². The normalized spacial score (nSPS) is 10.2. The van der Waals surface area contributed by atoms with Crippen LogP contribution in [0.25, 0.3) is 0 Å². The molecule has 1 aromatic heterocycles. The minimum Gasteiger partial charge on any atom is -0.504 e. The number of para-hydroxylation sites is 1. The van der Waals surface area contributed by atoms with Crippen molar-refractivity contribution in [1.82, 2.24) is 4.68 Å². The highest BCUT2D eigenvalue weighted by Crippen LogP contribution is 2.29.